The number of hydrogen-bond acceptors (Lipinski definition) is 3. The summed E-state index contributed by atoms with van der Waals surface area (Å²) in [4.78, 5) is 16.4. The summed E-state index contributed by atoms with van der Waals surface area (Å²) in [5, 5.41) is 0.697. The fourth-order valence-electron chi connectivity index (χ4n) is 0.372. The van der Waals surface area contributed by atoms with E-state index in [0.29, 0.717) is 11.9 Å². The third-order valence-corrected chi connectivity index (χ3v) is 1.55. The van der Waals surface area contributed by atoms with Crippen LogP contribution in [0, 0.1) is 0 Å². The van der Waals surface area contributed by atoms with Crippen LogP contribution in [-0.2, 0) is 13.8 Å². The molecule has 0 saturated carbocycles. The summed E-state index contributed by atoms with van der Waals surface area (Å²) in [5.74, 6) is 0. The van der Waals surface area contributed by atoms with Crippen molar-refractivity contribution in [3.63, 3.8) is 0 Å². The maximum atomic E-state index is 10.1. The molecule has 0 aliphatic rings. The number of phosphoric acid groups is 1. The normalized spacial score (nSPS) is 11.9. The van der Waals surface area contributed by atoms with Crippen molar-refractivity contribution in [3.05, 3.63) is 0 Å². The van der Waals surface area contributed by atoms with Crippen molar-refractivity contribution in [3.8, 4) is 0 Å². The molecule has 0 aromatic rings. The average molecular weight is 249 g/mol. The van der Waals surface area contributed by atoms with Gasteiger partial charge in [-0.25, -0.2) is 4.57 Å². The highest BCUT2D eigenvalue weighted by Crippen LogP contribution is 2.35. The molecule has 0 aliphatic heterocycles. The van der Waals surface area contributed by atoms with Crippen LogP contribution in [0.5, 0.6) is 0 Å². The second-order valence-electron chi connectivity index (χ2n) is 1.63. The molecule has 0 spiro atoms. The Labute approximate surface area is 73.1 Å². The Morgan fingerprint density at radius 3 is 2.36 bits per heavy atom. The molecule has 0 radical (unpaired) electrons. The summed E-state index contributed by atoms with van der Waals surface area (Å²) in [7, 11) is -4.31. The van der Waals surface area contributed by atoms with Gasteiger partial charge in [-0.3, -0.25) is 4.52 Å². The van der Waals surface area contributed by atoms with E-state index >= 15 is 0 Å². The van der Waals surface area contributed by atoms with Crippen molar-refractivity contribution in [1.82, 2.24) is 0 Å². The lowest BCUT2D eigenvalue weighted by molar-refractivity contribution is 0.0950. The SMILES string of the molecule is O=P(O)(O)OCCOCCBr. The quantitative estimate of drug-likeness (QED) is 0.407. The Morgan fingerprint density at radius 2 is 1.91 bits per heavy atom. The van der Waals surface area contributed by atoms with Gasteiger partial charge in [0.25, 0.3) is 0 Å². The molecule has 2 N–H and O–H groups in total. The molecule has 0 amide bonds. The smallest absolute Gasteiger partial charge is 0.378 e. The minimum atomic E-state index is -4.31. The van der Waals surface area contributed by atoms with Gasteiger partial charge in [-0.15, -0.1) is 0 Å². The molecule has 0 heterocycles. The molecular weight excluding hydrogens is 239 g/mol. The lowest BCUT2D eigenvalue weighted by atomic mass is 10.8. The van der Waals surface area contributed by atoms with E-state index in [0.717, 1.165) is 0 Å². The molecule has 5 nitrogen and oxygen atoms in total. The molecule has 7 heteroatoms. The van der Waals surface area contributed by atoms with Gasteiger partial charge in [0.05, 0.1) is 19.8 Å². The topological polar surface area (TPSA) is 76.0 Å². The molecule has 11 heavy (non-hydrogen) atoms. The molecule has 0 fully saturated rings. The van der Waals surface area contributed by atoms with Crippen molar-refractivity contribution in [2.75, 3.05) is 25.2 Å². The first kappa shape index (κ1) is 11.6. The van der Waals surface area contributed by atoms with Crippen LogP contribution in [0.4, 0.5) is 0 Å². The van der Waals surface area contributed by atoms with Gasteiger partial charge in [0.15, 0.2) is 0 Å². The fraction of sp³-hybridized carbons (Fsp3) is 1.00. The lowest BCUT2D eigenvalue weighted by Gasteiger charge is -2.04. The summed E-state index contributed by atoms with van der Waals surface area (Å²) in [6, 6.07) is 0. The lowest BCUT2D eigenvalue weighted by Crippen LogP contribution is -2.04. The van der Waals surface area contributed by atoms with Gasteiger partial charge in [-0.05, 0) is 0 Å². The van der Waals surface area contributed by atoms with E-state index in [1.807, 2.05) is 0 Å². The van der Waals surface area contributed by atoms with Crippen LogP contribution in [0.2, 0.25) is 0 Å². The highest BCUT2D eigenvalue weighted by molar-refractivity contribution is 9.09. The fourth-order valence-corrected chi connectivity index (χ4v) is 0.913. The summed E-state index contributed by atoms with van der Waals surface area (Å²) in [5.41, 5.74) is 0. The Bertz CT molecular complexity index is 134. The molecule has 0 rings (SSSR count). The standard InChI is InChI=1S/C4H10BrO5P/c5-1-2-9-3-4-10-11(6,7)8/h1-4H2,(H2,6,7,8). The first-order valence-electron chi connectivity index (χ1n) is 2.90. The predicted octanol–water partition coefficient (Wildman–Crippen LogP) is 0.507. The van der Waals surface area contributed by atoms with Gasteiger partial charge in [-0.1, -0.05) is 15.9 Å². The van der Waals surface area contributed by atoms with E-state index in [1.165, 1.54) is 0 Å². The summed E-state index contributed by atoms with van der Waals surface area (Å²) >= 11 is 3.12. The van der Waals surface area contributed by atoms with Crippen LogP contribution in [-0.4, -0.2) is 34.9 Å². The van der Waals surface area contributed by atoms with E-state index < -0.39 is 7.82 Å². The third-order valence-electron chi connectivity index (χ3n) is 0.709. The van der Waals surface area contributed by atoms with E-state index in [2.05, 4.69) is 20.5 Å². The summed E-state index contributed by atoms with van der Waals surface area (Å²) in [6.07, 6.45) is 0. The molecule has 0 aliphatic carbocycles. The minimum Gasteiger partial charge on any atom is -0.378 e. The van der Waals surface area contributed by atoms with Gasteiger partial charge in [0.1, 0.15) is 0 Å². The Hall–Kier alpha value is 0.550. The zero-order valence-corrected chi connectivity index (χ0v) is 8.25. The second kappa shape index (κ2) is 6.11. The highest BCUT2D eigenvalue weighted by atomic mass is 79.9. The Balaban J connectivity index is 3.09. The van der Waals surface area contributed by atoms with Crippen molar-refractivity contribution >= 4 is 23.8 Å². The number of ether oxygens (including phenoxy) is 1. The second-order valence-corrected chi connectivity index (χ2v) is 3.66. The van der Waals surface area contributed by atoms with Crippen molar-refractivity contribution in [2.24, 2.45) is 0 Å². The number of alkyl halides is 1. The molecule has 0 bridgehead atoms. The summed E-state index contributed by atoms with van der Waals surface area (Å²) < 4.78 is 19.0. The van der Waals surface area contributed by atoms with Crippen LogP contribution in [0.3, 0.4) is 0 Å². The van der Waals surface area contributed by atoms with Gasteiger partial charge in [0, 0.05) is 5.33 Å². The van der Waals surface area contributed by atoms with Crippen LogP contribution >= 0.6 is 23.8 Å². The van der Waals surface area contributed by atoms with Gasteiger partial charge < -0.3 is 14.5 Å². The molecule has 0 aromatic carbocycles. The maximum absolute atomic E-state index is 10.1. The average Bonchev–Trinajstić information content (AvgIpc) is 1.85. The molecular formula is C4H10BrO5P. The van der Waals surface area contributed by atoms with Crippen molar-refractivity contribution < 1.29 is 23.6 Å². The van der Waals surface area contributed by atoms with Gasteiger partial charge in [0.2, 0.25) is 0 Å². The summed E-state index contributed by atoms with van der Waals surface area (Å²) in [6.45, 7) is 0.610. The van der Waals surface area contributed by atoms with Crippen LogP contribution in [0.1, 0.15) is 0 Å². The molecule has 0 unspecified atom stereocenters. The van der Waals surface area contributed by atoms with Crippen molar-refractivity contribution in [2.45, 2.75) is 0 Å². The van der Waals surface area contributed by atoms with E-state index in [9.17, 15) is 4.57 Å². The maximum Gasteiger partial charge on any atom is 0.469 e. The first-order chi connectivity index (χ1) is 5.06. The molecule has 68 valence electrons. The highest BCUT2D eigenvalue weighted by Gasteiger charge is 2.12. The number of halogens is 1. The molecule has 0 saturated heterocycles. The molecule has 0 atom stereocenters. The van der Waals surface area contributed by atoms with Gasteiger partial charge in [-0.2, -0.15) is 0 Å². The van der Waals surface area contributed by atoms with E-state index in [-0.39, 0.29) is 13.2 Å². The van der Waals surface area contributed by atoms with Crippen LogP contribution < -0.4 is 0 Å². The van der Waals surface area contributed by atoms with Crippen LogP contribution in [0.15, 0.2) is 0 Å². The zero-order chi connectivity index (χ0) is 8.74. The first-order valence-corrected chi connectivity index (χ1v) is 5.55. The largest absolute Gasteiger partial charge is 0.469 e. The predicted molar refractivity (Wildman–Crippen MR) is 42.6 cm³/mol. The van der Waals surface area contributed by atoms with Crippen LogP contribution in [0.25, 0.3) is 0 Å². The van der Waals surface area contributed by atoms with Crippen molar-refractivity contribution in [1.29, 1.82) is 0 Å². The van der Waals surface area contributed by atoms with E-state index in [4.69, 9.17) is 14.5 Å². The monoisotopic (exact) mass is 248 g/mol. The Kier molecular flexibility index (Phi) is 6.41. The number of rotatable bonds is 6. The zero-order valence-electron chi connectivity index (χ0n) is 5.77. The Morgan fingerprint density at radius 1 is 1.27 bits per heavy atom. The van der Waals surface area contributed by atoms with Gasteiger partial charge >= 0.3 is 7.82 Å². The number of phosphoric ester groups is 1. The van der Waals surface area contributed by atoms with E-state index in [1.54, 1.807) is 0 Å². The molecule has 0 aromatic heterocycles. The number of hydrogen-bond donors (Lipinski definition) is 2. The minimum absolute atomic E-state index is 0.0860. The third kappa shape index (κ3) is 10.6.